The van der Waals surface area contributed by atoms with Gasteiger partial charge in [-0.2, -0.15) is 0 Å². The molecule has 0 aliphatic rings. The zero-order valence-electron chi connectivity index (χ0n) is 15.8. The van der Waals surface area contributed by atoms with Crippen molar-refractivity contribution in [1.82, 2.24) is 10.2 Å². The van der Waals surface area contributed by atoms with Crippen molar-refractivity contribution in [2.75, 3.05) is 11.1 Å². The topological polar surface area (TPSA) is 68.0 Å². The molecule has 0 bridgehead atoms. The third-order valence-electron chi connectivity index (χ3n) is 4.23. The van der Waals surface area contributed by atoms with Crippen LogP contribution in [0, 0.1) is 11.6 Å². The molecule has 9 heteroatoms. The van der Waals surface area contributed by atoms with Crippen LogP contribution in [0.15, 0.2) is 76.4 Å². The second kappa shape index (κ2) is 9.28. The third kappa shape index (κ3) is 5.10. The van der Waals surface area contributed by atoms with Crippen LogP contribution in [0.3, 0.4) is 0 Å². The highest BCUT2D eigenvalue weighted by Gasteiger charge is 2.17. The number of aromatic nitrogens is 2. The number of nitrogens with one attached hydrogen (secondary N) is 1. The highest BCUT2D eigenvalue weighted by molar-refractivity contribution is 7.99. The fraction of sp³-hybridized carbons (Fsp3) is 0.0455. The molecule has 4 rings (SSSR count). The summed E-state index contributed by atoms with van der Waals surface area (Å²) in [6.45, 7) is 0. The van der Waals surface area contributed by atoms with Gasteiger partial charge in [-0.15, -0.1) is 10.2 Å². The van der Waals surface area contributed by atoms with Gasteiger partial charge >= 0.3 is 0 Å². The summed E-state index contributed by atoms with van der Waals surface area (Å²) in [6.07, 6.45) is 0. The Bertz CT molecular complexity index is 1220. The molecule has 1 N–H and O–H groups in total. The molecule has 0 aliphatic carbocycles. The van der Waals surface area contributed by atoms with E-state index in [1.54, 1.807) is 54.6 Å². The van der Waals surface area contributed by atoms with E-state index in [0.29, 0.717) is 16.1 Å². The van der Waals surface area contributed by atoms with Gasteiger partial charge in [-0.3, -0.25) is 4.79 Å². The number of thioether (sulfide) groups is 1. The number of rotatable bonds is 6. The van der Waals surface area contributed by atoms with E-state index in [9.17, 15) is 13.6 Å². The molecule has 4 aromatic rings. The van der Waals surface area contributed by atoms with Crippen molar-refractivity contribution in [3.05, 3.63) is 83.4 Å². The van der Waals surface area contributed by atoms with E-state index in [2.05, 4.69) is 15.5 Å². The minimum absolute atomic E-state index is 0.0921. The van der Waals surface area contributed by atoms with Gasteiger partial charge in [-0.05, 0) is 35.9 Å². The lowest BCUT2D eigenvalue weighted by Gasteiger charge is -2.12. The quantitative estimate of drug-likeness (QED) is 0.356. The Balaban J connectivity index is 1.46. The van der Waals surface area contributed by atoms with E-state index in [-0.39, 0.29) is 28.1 Å². The first kappa shape index (κ1) is 21.0. The largest absolute Gasteiger partial charge is 0.411 e. The monoisotopic (exact) mass is 457 g/mol. The molecule has 1 aromatic heterocycles. The lowest BCUT2D eigenvalue weighted by atomic mass is 10.0. The molecule has 0 radical (unpaired) electrons. The summed E-state index contributed by atoms with van der Waals surface area (Å²) in [4.78, 5) is 12.4. The predicted molar refractivity (Wildman–Crippen MR) is 116 cm³/mol. The van der Waals surface area contributed by atoms with E-state index >= 15 is 0 Å². The Morgan fingerprint density at radius 3 is 2.48 bits per heavy atom. The standard InChI is InChI=1S/C22H14ClF2N3O2S/c23-15-8-6-14(7-9-15)21-27-28-22(30-21)31-12-19(29)26-20-17(10-16(24)11-18(20)25)13-4-2-1-3-5-13/h1-11H,12H2,(H,26,29). The number of anilines is 1. The van der Waals surface area contributed by atoms with Crippen molar-refractivity contribution < 1.29 is 18.0 Å². The highest BCUT2D eigenvalue weighted by Crippen LogP contribution is 2.32. The SMILES string of the molecule is O=C(CSc1nnc(-c2ccc(Cl)cc2)o1)Nc1c(F)cc(F)cc1-c1ccccc1. The number of halogens is 3. The molecule has 1 heterocycles. The smallest absolute Gasteiger partial charge is 0.277 e. The van der Waals surface area contributed by atoms with E-state index in [0.717, 1.165) is 17.8 Å². The Kier molecular flexibility index (Phi) is 6.29. The van der Waals surface area contributed by atoms with Crippen molar-refractivity contribution in [2.24, 2.45) is 0 Å². The lowest BCUT2D eigenvalue weighted by Crippen LogP contribution is -2.16. The van der Waals surface area contributed by atoms with Crippen molar-refractivity contribution in [2.45, 2.75) is 5.22 Å². The van der Waals surface area contributed by atoms with Crippen LogP contribution in [0.5, 0.6) is 0 Å². The van der Waals surface area contributed by atoms with Gasteiger partial charge in [0.2, 0.25) is 11.8 Å². The van der Waals surface area contributed by atoms with Gasteiger partial charge in [0.1, 0.15) is 11.6 Å². The van der Waals surface area contributed by atoms with Crippen molar-refractivity contribution >= 4 is 35.0 Å². The maximum atomic E-state index is 14.4. The number of carbonyl (C=O) groups is 1. The number of hydrogen-bond donors (Lipinski definition) is 1. The summed E-state index contributed by atoms with van der Waals surface area (Å²) in [7, 11) is 0. The molecule has 0 spiro atoms. The van der Waals surface area contributed by atoms with Crippen molar-refractivity contribution in [1.29, 1.82) is 0 Å². The van der Waals surface area contributed by atoms with Crippen LogP contribution in [-0.4, -0.2) is 21.9 Å². The second-order valence-electron chi connectivity index (χ2n) is 6.39. The van der Waals surface area contributed by atoms with Crippen LogP contribution in [0.1, 0.15) is 0 Å². The fourth-order valence-corrected chi connectivity index (χ4v) is 3.52. The lowest BCUT2D eigenvalue weighted by molar-refractivity contribution is -0.113. The van der Waals surface area contributed by atoms with Crippen molar-refractivity contribution in [3.8, 4) is 22.6 Å². The summed E-state index contributed by atoms with van der Waals surface area (Å²) in [5, 5.41) is 11.1. The first-order chi connectivity index (χ1) is 15.0. The van der Waals surface area contributed by atoms with Crippen LogP contribution in [0.4, 0.5) is 14.5 Å². The molecule has 1 amide bonds. The number of amides is 1. The summed E-state index contributed by atoms with van der Waals surface area (Å²) in [6, 6.07) is 17.5. The normalized spacial score (nSPS) is 10.8. The molecule has 0 saturated carbocycles. The van der Waals surface area contributed by atoms with E-state index in [1.165, 1.54) is 6.07 Å². The Morgan fingerprint density at radius 2 is 1.74 bits per heavy atom. The van der Waals surface area contributed by atoms with Gasteiger partial charge in [0, 0.05) is 22.2 Å². The fourth-order valence-electron chi connectivity index (χ4n) is 2.83. The van der Waals surface area contributed by atoms with E-state index in [4.69, 9.17) is 16.0 Å². The third-order valence-corrected chi connectivity index (χ3v) is 5.30. The van der Waals surface area contributed by atoms with Crippen LogP contribution in [0.25, 0.3) is 22.6 Å². The number of hydrogen-bond acceptors (Lipinski definition) is 5. The Labute approximate surface area is 185 Å². The maximum absolute atomic E-state index is 14.4. The van der Waals surface area contributed by atoms with Gasteiger partial charge < -0.3 is 9.73 Å². The molecule has 0 fully saturated rings. The predicted octanol–water partition coefficient (Wildman–Crippen LogP) is 6.07. The van der Waals surface area contributed by atoms with Crippen LogP contribution in [0.2, 0.25) is 5.02 Å². The molecule has 156 valence electrons. The average molecular weight is 458 g/mol. The second-order valence-corrected chi connectivity index (χ2v) is 7.76. The number of carbonyl (C=O) groups excluding carboxylic acids is 1. The Morgan fingerprint density at radius 1 is 1.00 bits per heavy atom. The van der Waals surface area contributed by atoms with Gasteiger partial charge in [0.15, 0.2) is 0 Å². The summed E-state index contributed by atoms with van der Waals surface area (Å²) in [5.74, 6) is -1.91. The van der Waals surface area contributed by atoms with Gasteiger partial charge in [0.05, 0.1) is 11.4 Å². The molecule has 0 saturated heterocycles. The molecular weight excluding hydrogens is 444 g/mol. The highest BCUT2D eigenvalue weighted by atomic mass is 35.5. The zero-order valence-corrected chi connectivity index (χ0v) is 17.4. The maximum Gasteiger partial charge on any atom is 0.277 e. The molecule has 0 aliphatic heterocycles. The summed E-state index contributed by atoms with van der Waals surface area (Å²) < 4.78 is 33.7. The van der Waals surface area contributed by atoms with Gasteiger partial charge in [-0.1, -0.05) is 53.7 Å². The molecular formula is C22H14ClF2N3O2S. The first-order valence-corrected chi connectivity index (χ1v) is 10.4. The minimum Gasteiger partial charge on any atom is -0.411 e. The molecule has 5 nitrogen and oxygen atoms in total. The molecule has 0 atom stereocenters. The summed E-state index contributed by atoms with van der Waals surface area (Å²) >= 11 is 6.86. The van der Waals surface area contributed by atoms with E-state index < -0.39 is 17.5 Å². The van der Waals surface area contributed by atoms with Crippen molar-refractivity contribution in [3.63, 3.8) is 0 Å². The van der Waals surface area contributed by atoms with Crippen LogP contribution < -0.4 is 5.32 Å². The van der Waals surface area contributed by atoms with Gasteiger partial charge in [0.25, 0.3) is 5.22 Å². The first-order valence-electron chi connectivity index (χ1n) is 9.06. The number of benzene rings is 3. The molecule has 0 unspecified atom stereocenters. The van der Waals surface area contributed by atoms with E-state index in [1.807, 2.05) is 0 Å². The zero-order chi connectivity index (χ0) is 21.8. The van der Waals surface area contributed by atoms with Crippen LogP contribution in [-0.2, 0) is 4.79 Å². The van der Waals surface area contributed by atoms with Gasteiger partial charge in [-0.25, -0.2) is 8.78 Å². The molecule has 3 aromatic carbocycles. The Hall–Kier alpha value is -3.23. The minimum atomic E-state index is -0.861. The van der Waals surface area contributed by atoms with Crippen LogP contribution >= 0.6 is 23.4 Å². The summed E-state index contributed by atoms with van der Waals surface area (Å²) in [5.41, 5.74) is 1.42. The molecule has 31 heavy (non-hydrogen) atoms. The average Bonchev–Trinajstić information content (AvgIpc) is 3.24. The number of nitrogens with zero attached hydrogens (tertiary/aromatic N) is 2.